The van der Waals surface area contributed by atoms with Gasteiger partial charge in [-0.1, -0.05) is 38.5 Å². The molecule has 1 aromatic carbocycles. The van der Waals surface area contributed by atoms with Crippen molar-refractivity contribution in [3.63, 3.8) is 0 Å². The van der Waals surface area contributed by atoms with Crippen molar-refractivity contribution in [2.45, 2.75) is 33.3 Å². The average molecular weight is 218 g/mol. The first-order valence-corrected chi connectivity index (χ1v) is 5.80. The number of aliphatic hydroxyl groups excluding tert-OH is 1. The molecule has 1 N–H and O–H groups in total. The Balaban J connectivity index is 2.43. The number of hydrogen-bond donors (Lipinski definition) is 1. The largest absolute Gasteiger partial charge is 0.458 e. The Hall–Kier alpha value is -1.28. The summed E-state index contributed by atoms with van der Waals surface area (Å²) in [5, 5.41) is 11.2. The van der Waals surface area contributed by atoms with Crippen LogP contribution in [0.2, 0.25) is 0 Å². The van der Waals surface area contributed by atoms with Gasteiger partial charge >= 0.3 is 0 Å². The van der Waals surface area contributed by atoms with Crippen LogP contribution in [0.5, 0.6) is 0 Å². The molecular weight excluding hydrogens is 200 g/mol. The number of fused-ring (bicyclic) bond motifs is 1. The molecule has 0 bridgehead atoms. The minimum Gasteiger partial charge on any atom is -0.458 e. The average Bonchev–Trinajstić information content (AvgIpc) is 2.72. The van der Waals surface area contributed by atoms with Gasteiger partial charge < -0.3 is 9.52 Å². The minimum absolute atomic E-state index is 0.223. The maximum Gasteiger partial charge on any atom is 0.137 e. The summed E-state index contributed by atoms with van der Waals surface area (Å²) in [6, 6.07) is 7.98. The number of rotatable bonds is 3. The molecule has 2 heteroatoms. The van der Waals surface area contributed by atoms with E-state index >= 15 is 0 Å². The highest BCUT2D eigenvalue weighted by atomic mass is 16.4. The smallest absolute Gasteiger partial charge is 0.137 e. The van der Waals surface area contributed by atoms with Crippen molar-refractivity contribution >= 4 is 11.0 Å². The SMILES string of the molecule is CCC(C)C(O)c1cc2cccc(C)c2o1. The number of hydrogen-bond acceptors (Lipinski definition) is 2. The minimum atomic E-state index is -0.503. The summed E-state index contributed by atoms with van der Waals surface area (Å²) in [7, 11) is 0. The van der Waals surface area contributed by atoms with Crippen LogP contribution >= 0.6 is 0 Å². The van der Waals surface area contributed by atoms with Gasteiger partial charge in [0.2, 0.25) is 0 Å². The standard InChI is InChI=1S/C14H18O2/c1-4-9(2)13(15)12-8-11-7-5-6-10(3)14(11)16-12/h5-9,13,15H,4H2,1-3H3. The third kappa shape index (κ3) is 1.85. The zero-order valence-electron chi connectivity index (χ0n) is 10.0. The molecule has 2 nitrogen and oxygen atoms in total. The van der Waals surface area contributed by atoms with Gasteiger partial charge in [0.25, 0.3) is 0 Å². The fraction of sp³-hybridized carbons (Fsp3) is 0.429. The summed E-state index contributed by atoms with van der Waals surface area (Å²) in [4.78, 5) is 0. The van der Waals surface area contributed by atoms with Gasteiger partial charge in [-0.25, -0.2) is 0 Å². The second-order valence-electron chi connectivity index (χ2n) is 4.47. The molecule has 1 aromatic heterocycles. The molecule has 0 saturated heterocycles. The van der Waals surface area contributed by atoms with E-state index in [-0.39, 0.29) is 5.92 Å². The lowest BCUT2D eigenvalue weighted by Gasteiger charge is -2.13. The first-order chi connectivity index (χ1) is 7.63. The van der Waals surface area contributed by atoms with Crippen molar-refractivity contribution in [3.8, 4) is 0 Å². The predicted molar refractivity (Wildman–Crippen MR) is 65.4 cm³/mol. The van der Waals surface area contributed by atoms with Crippen LogP contribution < -0.4 is 0 Å². The second kappa shape index (κ2) is 4.30. The van der Waals surface area contributed by atoms with Crippen LogP contribution in [-0.4, -0.2) is 5.11 Å². The van der Waals surface area contributed by atoms with E-state index in [9.17, 15) is 5.11 Å². The quantitative estimate of drug-likeness (QED) is 0.849. The topological polar surface area (TPSA) is 33.4 Å². The highest BCUT2D eigenvalue weighted by Gasteiger charge is 2.19. The zero-order chi connectivity index (χ0) is 11.7. The molecule has 0 amide bonds. The third-order valence-corrected chi connectivity index (χ3v) is 3.23. The molecule has 2 atom stereocenters. The van der Waals surface area contributed by atoms with Crippen LogP contribution in [-0.2, 0) is 0 Å². The summed E-state index contributed by atoms with van der Waals surface area (Å²) < 4.78 is 5.73. The van der Waals surface area contributed by atoms with Gasteiger partial charge in [0, 0.05) is 5.39 Å². The van der Waals surface area contributed by atoms with Crippen LogP contribution in [0.15, 0.2) is 28.7 Å². The van der Waals surface area contributed by atoms with E-state index in [2.05, 4.69) is 6.92 Å². The molecule has 0 radical (unpaired) electrons. The Bertz CT molecular complexity index is 484. The molecule has 0 aliphatic rings. The summed E-state index contributed by atoms with van der Waals surface area (Å²) in [6.07, 6.45) is 0.439. The molecule has 0 aliphatic carbocycles. The van der Waals surface area contributed by atoms with Gasteiger partial charge in [0.1, 0.15) is 17.4 Å². The van der Waals surface area contributed by atoms with E-state index in [1.54, 1.807) is 0 Å². The monoisotopic (exact) mass is 218 g/mol. The second-order valence-corrected chi connectivity index (χ2v) is 4.47. The molecule has 0 aliphatic heterocycles. The molecule has 0 spiro atoms. The van der Waals surface area contributed by atoms with E-state index in [1.807, 2.05) is 38.1 Å². The van der Waals surface area contributed by atoms with E-state index in [0.717, 1.165) is 23.0 Å². The van der Waals surface area contributed by atoms with Gasteiger partial charge in [-0.2, -0.15) is 0 Å². The summed E-state index contributed by atoms with van der Waals surface area (Å²) >= 11 is 0. The number of aliphatic hydroxyl groups is 1. The van der Waals surface area contributed by atoms with Crippen LogP contribution in [0.3, 0.4) is 0 Å². The lowest BCUT2D eigenvalue weighted by Crippen LogP contribution is -2.06. The summed E-state index contributed by atoms with van der Waals surface area (Å²) in [6.45, 7) is 6.12. The maximum atomic E-state index is 10.1. The molecule has 16 heavy (non-hydrogen) atoms. The Morgan fingerprint density at radius 3 is 2.75 bits per heavy atom. The summed E-state index contributed by atoms with van der Waals surface area (Å²) in [5.74, 6) is 0.902. The Labute approximate surface area is 95.9 Å². The van der Waals surface area contributed by atoms with Crippen molar-refractivity contribution in [1.82, 2.24) is 0 Å². The maximum absolute atomic E-state index is 10.1. The van der Waals surface area contributed by atoms with E-state index in [1.165, 1.54) is 0 Å². The normalized spacial score (nSPS) is 15.2. The molecule has 86 valence electrons. The first kappa shape index (κ1) is 11.2. The van der Waals surface area contributed by atoms with Crippen molar-refractivity contribution in [2.24, 2.45) is 5.92 Å². The van der Waals surface area contributed by atoms with E-state index < -0.39 is 6.10 Å². The molecule has 2 unspecified atom stereocenters. The van der Waals surface area contributed by atoms with Crippen LogP contribution in [0.1, 0.15) is 37.7 Å². The first-order valence-electron chi connectivity index (χ1n) is 5.80. The number of para-hydroxylation sites is 1. The van der Waals surface area contributed by atoms with Gasteiger partial charge in [-0.15, -0.1) is 0 Å². The van der Waals surface area contributed by atoms with Gasteiger partial charge in [-0.05, 0) is 24.5 Å². The Morgan fingerprint density at radius 1 is 1.38 bits per heavy atom. The Morgan fingerprint density at radius 2 is 2.12 bits per heavy atom. The zero-order valence-corrected chi connectivity index (χ0v) is 10.0. The predicted octanol–water partition coefficient (Wildman–Crippen LogP) is 3.82. The highest BCUT2D eigenvalue weighted by molar-refractivity contribution is 5.80. The van der Waals surface area contributed by atoms with E-state index in [4.69, 9.17) is 4.42 Å². The lowest BCUT2D eigenvalue weighted by molar-refractivity contribution is 0.0941. The lowest BCUT2D eigenvalue weighted by atomic mass is 10.00. The van der Waals surface area contributed by atoms with Gasteiger partial charge in [0.05, 0.1) is 0 Å². The van der Waals surface area contributed by atoms with Crippen molar-refractivity contribution in [1.29, 1.82) is 0 Å². The van der Waals surface area contributed by atoms with E-state index in [0.29, 0.717) is 5.76 Å². The molecule has 0 saturated carbocycles. The number of furan rings is 1. The van der Waals surface area contributed by atoms with Crippen LogP contribution in [0, 0.1) is 12.8 Å². The van der Waals surface area contributed by atoms with Crippen LogP contribution in [0.25, 0.3) is 11.0 Å². The number of benzene rings is 1. The van der Waals surface area contributed by atoms with Crippen molar-refractivity contribution in [2.75, 3.05) is 0 Å². The highest BCUT2D eigenvalue weighted by Crippen LogP contribution is 2.30. The van der Waals surface area contributed by atoms with Crippen molar-refractivity contribution in [3.05, 3.63) is 35.6 Å². The molecular formula is C14H18O2. The summed E-state index contributed by atoms with van der Waals surface area (Å²) in [5.41, 5.74) is 2.00. The molecule has 1 heterocycles. The fourth-order valence-electron chi connectivity index (χ4n) is 1.88. The van der Waals surface area contributed by atoms with Gasteiger partial charge in [0.15, 0.2) is 0 Å². The molecule has 2 rings (SSSR count). The Kier molecular flexibility index (Phi) is 3.01. The van der Waals surface area contributed by atoms with Crippen molar-refractivity contribution < 1.29 is 9.52 Å². The number of aryl methyl sites for hydroxylation is 1. The molecule has 2 aromatic rings. The van der Waals surface area contributed by atoms with Crippen LogP contribution in [0.4, 0.5) is 0 Å². The fourth-order valence-corrected chi connectivity index (χ4v) is 1.88. The molecule has 0 fully saturated rings. The third-order valence-electron chi connectivity index (χ3n) is 3.23. The van der Waals surface area contributed by atoms with Gasteiger partial charge in [-0.3, -0.25) is 0 Å².